The molecular weight excluding hydrogens is 368 g/mol. The monoisotopic (exact) mass is 388 g/mol. The van der Waals surface area contributed by atoms with Gasteiger partial charge in [-0.3, -0.25) is 24.6 Å². The van der Waals surface area contributed by atoms with Gasteiger partial charge < -0.3 is 10.6 Å². The van der Waals surface area contributed by atoms with Crippen molar-refractivity contribution in [3.63, 3.8) is 0 Å². The van der Waals surface area contributed by atoms with Crippen molar-refractivity contribution in [3.8, 4) is 0 Å². The van der Waals surface area contributed by atoms with E-state index in [0.29, 0.717) is 6.54 Å². The molecule has 1 aliphatic heterocycles. The average Bonchev–Trinajstić information content (AvgIpc) is 3.36. The normalized spacial score (nSPS) is 15.3. The SMILES string of the molecule is O=C(NCC(c1ccsc1)N1CCCC1)C(=O)Nc1ccccc1[N+](=O)[O-]. The lowest BCUT2D eigenvalue weighted by atomic mass is 10.1. The maximum atomic E-state index is 12.2. The molecular formula is C18H20N4O4S. The zero-order valence-corrected chi connectivity index (χ0v) is 15.4. The van der Waals surface area contributed by atoms with Gasteiger partial charge in [-0.05, 0) is 54.4 Å². The van der Waals surface area contributed by atoms with Crippen LogP contribution in [0.4, 0.5) is 11.4 Å². The third-order valence-electron chi connectivity index (χ3n) is 4.52. The van der Waals surface area contributed by atoms with Crippen LogP contribution in [-0.2, 0) is 9.59 Å². The molecule has 3 rings (SSSR count). The summed E-state index contributed by atoms with van der Waals surface area (Å²) >= 11 is 1.59. The Hall–Kier alpha value is -2.78. The van der Waals surface area contributed by atoms with E-state index in [-0.39, 0.29) is 17.4 Å². The van der Waals surface area contributed by atoms with Crippen LogP contribution in [0.15, 0.2) is 41.1 Å². The van der Waals surface area contributed by atoms with E-state index in [1.807, 2.05) is 16.8 Å². The van der Waals surface area contributed by atoms with E-state index in [1.165, 1.54) is 18.2 Å². The molecule has 1 saturated heterocycles. The number of benzene rings is 1. The number of para-hydroxylation sites is 2. The molecule has 1 atom stereocenters. The Balaban J connectivity index is 1.62. The van der Waals surface area contributed by atoms with Gasteiger partial charge in [-0.2, -0.15) is 11.3 Å². The summed E-state index contributed by atoms with van der Waals surface area (Å²) in [5.41, 5.74) is 0.852. The van der Waals surface area contributed by atoms with Crippen molar-refractivity contribution in [3.05, 3.63) is 56.8 Å². The largest absolute Gasteiger partial charge is 0.346 e. The molecule has 1 fully saturated rings. The number of likely N-dealkylation sites (tertiary alicyclic amines) is 1. The Morgan fingerprint density at radius 2 is 1.93 bits per heavy atom. The van der Waals surface area contributed by atoms with Gasteiger partial charge in [0.15, 0.2) is 0 Å². The van der Waals surface area contributed by atoms with Crippen LogP contribution in [0, 0.1) is 10.1 Å². The smallest absolute Gasteiger partial charge is 0.313 e. The zero-order chi connectivity index (χ0) is 19.2. The summed E-state index contributed by atoms with van der Waals surface area (Å²) in [5, 5.41) is 20.0. The number of carbonyl (C=O) groups is 2. The van der Waals surface area contributed by atoms with Crippen LogP contribution in [0.1, 0.15) is 24.4 Å². The summed E-state index contributed by atoms with van der Waals surface area (Å²) in [5.74, 6) is -1.73. The molecule has 2 heterocycles. The highest BCUT2D eigenvalue weighted by Gasteiger charge is 2.26. The lowest BCUT2D eigenvalue weighted by Crippen LogP contribution is -2.41. The number of carbonyl (C=O) groups excluding carboxylic acids is 2. The molecule has 1 unspecified atom stereocenters. The summed E-state index contributed by atoms with van der Waals surface area (Å²) in [4.78, 5) is 37.1. The van der Waals surface area contributed by atoms with Crippen molar-refractivity contribution in [2.24, 2.45) is 0 Å². The molecule has 27 heavy (non-hydrogen) atoms. The van der Waals surface area contributed by atoms with Crippen molar-refractivity contribution >= 4 is 34.5 Å². The van der Waals surface area contributed by atoms with Crippen LogP contribution < -0.4 is 10.6 Å². The maximum Gasteiger partial charge on any atom is 0.313 e. The second-order valence-electron chi connectivity index (χ2n) is 6.25. The van der Waals surface area contributed by atoms with Crippen molar-refractivity contribution in [1.29, 1.82) is 0 Å². The molecule has 0 aliphatic carbocycles. The van der Waals surface area contributed by atoms with Gasteiger partial charge >= 0.3 is 11.8 Å². The second kappa shape index (κ2) is 8.74. The third-order valence-corrected chi connectivity index (χ3v) is 5.22. The van der Waals surface area contributed by atoms with Gasteiger partial charge in [0, 0.05) is 12.6 Å². The first-order valence-corrected chi connectivity index (χ1v) is 9.59. The minimum atomic E-state index is -0.921. The Labute approximate surface area is 160 Å². The second-order valence-corrected chi connectivity index (χ2v) is 7.03. The number of nitrogens with one attached hydrogen (secondary N) is 2. The van der Waals surface area contributed by atoms with Gasteiger partial charge in [0.25, 0.3) is 5.69 Å². The van der Waals surface area contributed by atoms with Gasteiger partial charge in [-0.15, -0.1) is 0 Å². The van der Waals surface area contributed by atoms with Crippen molar-refractivity contribution in [2.75, 3.05) is 25.0 Å². The van der Waals surface area contributed by atoms with E-state index in [9.17, 15) is 19.7 Å². The maximum absolute atomic E-state index is 12.2. The molecule has 0 bridgehead atoms. The molecule has 142 valence electrons. The number of nitro groups is 1. The first-order chi connectivity index (χ1) is 13.1. The molecule has 8 nitrogen and oxygen atoms in total. The van der Waals surface area contributed by atoms with Crippen molar-refractivity contribution in [1.82, 2.24) is 10.2 Å². The lowest BCUT2D eigenvalue weighted by molar-refractivity contribution is -0.383. The first-order valence-electron chi connectivity index (χ1n) is 8.65. The van der Waals surface area contributed by atoms with E-state index in [4.69, 9.17) is 0 Å². The summed E-state index contributed by atoms with van der Waals surface area (Å²) in [6.45, 7) is 2.22. The fourth-order valence-electron chi connectivity index (χ4n) is 3.16. The van der Waals surface area contributed by atoms with Crippen molar-refractivity contribution < 1.29 is 14.5 Å². The van der Waals surface area contributed by atoms with Crippen LogP contribution in [0.2, 0.25) is 0 Å². The summed E-state index contributed by atoms with van der Waals surface area (Å²) < 4.78 is 0. The molecule has 9 heteroatoms. The Bertz CT molecular complexity index is 819. The fraction of sp³-hybridized carbons (Fsp3) is 0.333. The van der Waals surface area contributed by atoms with E-state index >= 15 is 0 Å². The quantitative estimate of drug-likeness (QED) is 0.450. The highest BCUT2D eigenvalue weighted by Crippen LogP contribution is 2.26. The molecule has 1 aliphatic rings. The number of nitro benzene ring substituents is 1. The number of hydrogen-bond acceptors (Lipinski definition) is 6. The molecule has 1 aromatic carbocycles. The van der Waals surface area contributed by atoms with Gasteiger partial charge in [0.2, 0.25) is 0 Å². The fourth-order valence-corrected chi connectivity index (χ4v) is 3.87. The van der Waals surface area contributed by atoms with E-state index in [1.54, 1.807) is 17.4 Å². The predicted molar refractivity (Wildman–Crippen MR) is 103 cm³/mol. The molecule has 0 spiro atoms. The Kier molecular flexibility index (Phi) is 6.15. The zero-order valence-electron chi connectivity index (χ0n) is 14.6. The highest BCUT2D eigenvalue weighted by molar-refractivity contribution is 7.08. The minimum Gasteiger partial charge on any atom is -0.346 e. The minimum absolute atomic E-state index is 0.00317. The standard InChI is InChI=1S/C18H20N4O4S/c23-17(18(24)20-14-5-1-2-6-15(14)22(25)26)19-11-16(13-7-10-27-12-13)21-8-3-4-9-21/h1-2,5-7,10,12,16H,3-4,8-9,11H2,(H,19,23)(H,20,24). The summed E-state index contributed by atoms with van der Waals surface area (Å²) in [6, 6.07) is 7.75. The topological polar surface area (TPSA) is 105 Å². The van der Waals surface area contributed by atoms with Crippen LogP contribution in [0.3, 0.4) is 0 Å². The molecule has 2 N–H and O–H groups in total. The number of thiophene rings is 1. The van der Waals surface area contributed by atoms with E-state index < -0.39 is 16.7 Å². The first kappa shape index (κ1) is 19.0. The number of hydrogen-bond donors (Lipinski definition) is 2. The third kappa shape index (κ3) is 4.69. The predicted octanol–water partition coefficient (Wildman–Crippen LogP) is 2.55. The lowest BCUT2D eigenvalue weighted by Gasteiger charge is -2.27. The number of rotatable bonds is 6. The van der Waals surface area contributed by atoms with Gasteiger partial charge in [0.1, 0.15) is 5.69 Å². The molecule has 2 aromatic rings. The average molecular weight is 388 g/mol. The van der Waals surface area contributed by atoms with Gasteiger partial charge in [-0.25, -0.2) is 0 Å². The van der Waals surface area contributed by atoms with E-state index in [2.05, 4.69) is 15.5 Å². The van der Waals surface area contributed by atoms with Crippen LogP contribution in [0.5, 0.6) is 0 Å². The van der Waals surface area contributed by atoms with Crippen LogP contribution >= 0.6 is 11.3 Å². The molecule has 0 saturated carbocycles. The number of amides is 2. The highest BCUT2D eigenvalue weighted by atomic mass is 32.1. The summed E-state index contributed by atoms with van der Waals surface area (Å²) in [7, 11) is 0. The van der Waals surface area contributed by atoms with Gasteiger partial charge in [0.05, 0.1) is 11.0 Å². The number of nitrogens with zero attached hydrogens (tertiary/aromatic N) is 2. The number of anilines is 1. The van der Waals surface area contributed by atoms with Crippen LogP contribution in [-0.4, -0.2) is 41.3 Å². The Morgan fingerprint density at radius 3 is 2.59 bits per heavy atom. The van der Waals surface area contributed by atoms with Crippen molar-refractivity contribution in [2.45, 2.75) is 18.9 Å². The summed E-state index contributed by atoms with van der Waals surface area (Å²) in [6.07, 6.45) is 2.24. The van der Waals surface area contributed by atoms with Crippen LogP contribution in [0.25, 0.3) is 0 Å². The van der Waals surface area contributed by atoms with Gasteiger partial charge in [-0.1, -0.05) is 12.1 Å². The molecule has 2 amide bonds. The Morgan fingerprint density at radius 1 is 1.19 bits per heavy atom. The molecule has 1 aromatic heterocycles. The van der Waals surface area contributed by atoms with E-state index in [0.717, 1.165) is 31.5 Å². The molecule has 0 radical (unpaired) electrons.